The molecular weight excluding hydrogens is 485 g/mol. The number of carbonyl (C=O) groups excluding carboxylic acids is 2. The van der Waals surface area contributed by atoms with Crippen molar-refractivity contribution in [3.63, 3.8) is 0 Å². The van der Waals surface area contributed by atoms with E-state index in [9.17, 15) is 22.8 Å². The molecule has 1 aliphatic rings. The van der Waals surface area contributed by atoms with Crippen molar-refractivity contribution in [1.29, 1.82) is 0 Å². The van der Waals surface area contributed by atoms with Gasteiger partial charge in [0.2, 0.25) is 5.91 Å². The number of alkyl halides is 3. The van der Waals surface area contributed by atoms with E-state index in [2.05, 4.69) is 10.4 Å². The summed E-state index contributed by atoms with van der Waals surface area (Å²) in [5, 5.41) is 7.53. The van der Waals surface area contributed by atoms with Crippen molar-refractivity contribution in [1.82, 2.24) is 20.0 Å². The predicted octanol–water partition coefficient (Wildman–Crippen LogP) is 3.98. The number of hydrogen-bond donors (Lipinski definition) is 1. The highest BCUT2D eigenvalue weighted by atomic mass is 19.4. The lowest BCUT2D eigenvalue weighted by atomic mass is 10.1. The van der Waals surface area contributed by atoms with Gasteiger partial charge in [-0.3, -0.25) is 14.5 Å². The fraction of sp³-hybridized carbons (Fsp3) is 0.370. The maximum Gasteiger partial charge on any atom is 0.416 e. The molecule has 1 amide bonds. The Labute approximate surface area is 213 Å². The highest BCUT2D eigenvalue weighted by Gasteiger charge is 2.40. The molecule has 7 nitrogen and oxygen atoms in total. The summed E-state index contributed by atoms with van der Waals surface area (Å²) in [6.45, 7) is 3.87. The summed E-state index contributed by atoms with van der Waals surface area (Å²) in [6.07, 6.45) is -4.17. The molecule has 0 radical (unpaired) electrons. The Bertz CT molecular complexity index is 1270. The number of aromatic nitrogens is 2. The Morgan fingerprint density at radius 1 is 1.08 bits per heavy atom. The maximum atomic E-state index is 13.5. The zero-order valence-corrected chi connectivity index (χ0v) is 20.9. The number of nitrogens with one attached hydrogen (secondary N) is 1. The number of benzene rings is 2. The minimum absolute atomic E-state index is 0.0652. The van der Waals surface area contributed by atoms with Crippen LogP contribution in [0, 0.1) is 13.8 Å². The van der Waals surface area contributed by atoms with Gasteiger partial charge in [0.25, 0.3) is 0 Å². The third-order valence-corrected chi connectivity index (χ3v) is 6.72. The number of ether oxygens (including phenoxy) is 1. The Morgan fingerprint density at radius 3 is 2.43 bits per heavy atom. The minimum atomic E-state index is -4.51. The summed E-state index contributed by atoms with van der Waals surface area (Å²) >= 11 is 0. The molecule has 0 aliphatic carbocycles. The monoisotopic (exact) mass is 514 g/mol. The van der Waals surface area contributed by atoms with Gasteiger partial charge in [0, 0.05) is 30.4 Å². The van der Waals surface area contributed by atoms with Crippen molar-refractivity contribution in [2.24, 2.45) is 0 Å². The molecule has 196 valence electrons. The summed E-state index contributed by atoms with van der Waals surface area (Å²) in [6, 6.07) is 13.7. The highest BCUT2D eigenvalue weighted by Crippen LogP contribution is 2.33. The largest absolute Gasteiger partial charge is 0.468 e. The molecule has 1 saturated heterocycles. The van der Waals surface area contributed by atoms with Crippen LogP contribution in [0.3, 0.4) is 0 Å². The fourth-order valence-corrected chi connectivity index (χ4v) is 4.91. The second-order valence-corrected chi connectivity index (χ2v) is 9.20. The van der Waals surface area contributed by atoms with Crippen LogP contribution in [0.5, 0.6) is 0 Å². The molecule has 0 saturated carbocycles. The number of likely N-dealkylation sites (tertiary alicyclic amines) is 1. The van der Waals surface area contributed by atoms with Crippen LogP contribution in [0.4, 0.5) is 13.2 Å². The maximum absolute atomic E-state index is 13.5. The number of nitrogens with zero attached hydrogens (tertiary/aromatic N) is 3. The molecule has 10 heteroatoms. The molecule has 0 unspecified atom stereocenters. The van der Waals surface area contributed by atoms with Crippen molar-refractivity contribution in [2.75, 3.05) is 13.7 Å². The first kappa shape index (κ1) is 26.4. The summed E-state index contributed by atoms with van der Waals surface area (Å²) in [7, 11) is 1.24. The Hall–Kier alpha value is -3.66. The smallest absolute Gasteiger partial charge is 0.416 e. The Kier molecular flexibility index (Phi) is 7.68. The second kappa shape index (κ2) is 10.8. The van der Waals surface area contributed by atoms with Crippen molar-refractivity contribution in [2.45, 2.75) is 51.5 Å². The Balaban J connectivity index is 1.47. The summed E-state index contributed by atoms with van der Waals surface area (Å²) < 4.78 is 47.2. The van der Waals surface area contributed by atoms with Crippen LogP contribution in [0.15, 0.2) is 54.6 Å². The first-order valence-electron chi connectivity index (χ1n) is 11.9. The van der Waals surface area contributed by atoms with E-state index in [4.69, 9.17) is 4.74 Å². The second-order valence-electron chi connectivity index (χ2n) is 9.20. The number of para-hydroxylation sites is 1. The predicted molar refractivity (Wildman–Crippen MR) is 131 cm³/mol. The van der Waals surface area contributed by atoms with E-state index in [0.717, 1.165) is 28.7 Å². The van der Waals surface area contributed by atoms with Gasteiger partial charge in [-0.15, -0.1) is 0 Å². The number of hydrogen-bond acceptors (Lipinski definition) is 5. The molecule has 0 bridgehead atoms. The lowest BCUT2D eigenvalue weighted by Crippen LogP contribution is -2.38. The minimum Gasteiger partial charge on any atom is -0.468 e. The van der Waals surface area contributed by atoms with E-state index in [-0.39, 0.29) is 37.4 Å². The molecule has 2 aromatic carbocycles. The van der Waals surface area contributed by atoms with Crippen LogP contribution < -0.4 is 5.32 Å². The van der Waals surface area contributed by atoms with E-state index in [1.165, 1.54) is 25.3 Å². The van der Waals surface area contributed by atoms with Gasteiger partial charge >= 0.3 is 12.1 Å². The molecule has 4 rings (SSSR count). The zero-order chi connectivity index (χ0) is 26.7. The Morgan fingerprint density at radius 2 is 1.76 bits per heavy atom. The van der Waals surface area contributed by atoms with Crippen LogP contribution in [0.2, 0.25) is 0 Å². The van der Waals surface area contributed by atoms with Gasteiger partial charge in [0.15, 0.2) is 0 Å². The summed E-state index contributed by atoms with van der Waals surface area (Å²) in [4.78, 5) is 27.0. The number of carbonyl (C=O) groups is 2. The molecule has 3 aromatic rings. The first-order valence-corrected chi connectivity index (χ1v) is 11.9. The quantitative estimate of drug-likeness (QED) is 0.483. The molecular formula is C27H29F3N4O3. The SMILES string of the molecule is COC(=O)[C@@H]1C[C@@H](NC(=O)Cc2c(C)nn(-c3ccccc3)c2C)CN1Cc1ccccc1C(F)(F)F. The zero-order valence-electron chi connectivity index (χ0n) is 20.9. The van der Waals surface area contributed by atoms with Gasteiger partial charge in [0.05, 0.1) is 30.5 Å². The molecule has 0 spiro atoms. The average Bonchev–Trinajstić information content (AvgIpc) is 3.38. The lowest BCUT2D eigenvalue weighted by molar-refractivity contribution is -0.146. The molecule has 37 heavy (non-hydrogen) atoms. The van der Waals surface area contributed by atoms with E-state index in [0.29, 0.717) is 0 Å². The van der Waals surface area contributed by atoms with E-state index in [1.54, 1.807) is 9.58 Å². The van der Waals surface area contributed by atoms with Crippen molar-refractivity contribution in [3.05, 3.63) is 82.7 Å². The number of methoxy groups -OCH3 is 1. The van der Waals surface area contributed by atoms with Gasteiger partial charge < -0.3 is 10.1 Å². The number of esters is 1. The van der Waals surface area contributed by atoms with Crippen molar-refractivity contribution in [3.8, 4) is 5.69 Å². The van der Waals surface area contributed by atoms with Gasteiger partial charge in [-0.25, -0.2) is 4.68 Å². The molecule has 1 N–H and O–H groups in total. The third-order valence-electron chi connectivity index (χ3n) is 6.72. The van der Waals surface area contributed by atoms with Crippen LogP contribution >= 0.6 is 0 Å². The van der Waals surface area contributed by atoms with Crippen LogP contribution in [-0.4, -0.2) is 52.3 Å². The fourth-order valence-electron chi connectivity index (χ4n) is 4.91. The molecule has 1 fully saturated rings. The topological polar surface area (TPSA) is 76.5 Å². The first-order chi connectivity index (χ1) is 17.6. The van der Waals surface area contributed by atoms with Gasteiger partial charge in [-0.2, -0.15) is 18.3 Å². The van der Waals surface area contributed by atoms with Gasteiger partial charge in [0.1, 0.15) is 6.04 Å². The van der Waals surface area contributed by atoms with Crippen LogP contribution in [0.25, 0.3) is 5.69 Å². The van der Waals surface area contributed by atoms with Gasteiger partial charge in [-0.05, 0) is 44.0 Å². The van der Waals surface area contributed by atoms with Gasteiger partial charge in [-0.1, -0.05) is 36.4 Å². The number of rotatable bonds is 7. The number of halogens is 3. The normalized spacial score (nSPS) is 18.1. The van der Waals surface area contributed by atoms with Crippen LogP contribution in [0.1, 0.15) is 34.5 Å². The van der Waals surface area contributed by atoms with E-state index >= 15 is 0 Å². The third kappa shape index (κ3) is 5.85. The number of amides is 1. The summed E-state index contributed by atoms with van der Waals surface area (Å²) in [5.74, 6) is -0.790. The molecule has 2 heterocycles. The summed E-state index contributed by atoms with van der Waals surface area (Å²) in [5.41, 5.74) is 2.60. The van der Waals surface area contributed by atoms with Crippen molar-refractivity contribution < 1.29 is 27.5 Å². The van der Waals surface area contributed by atoms with E-state index < -0.39 is 29.8 Å². The highest BCUT2D eigenvalue weighted by molar-refractivity contribution is 5.80. The van der Waals surface area contributed by atoms with Crippen LogP contribution in [-0.2, 0) is 33.5 Å². The molecule has 1 aromatic heterocycles. The van der Waals surface area contributed by atoms with E-state index in [1.807, 2.05) is 44.2 Å². The molecule has 1 aliphatic heterocycles. The van der Waals surface area contributed by atoms with Crippen molar-refractivity contribution >= 4 is 11.9 Å². The molecule has 2 atom stereocenters. The standard InChI is InChI=1S/C27H29F3N4O3/c1-17-22(18(2)34(32-17)21-10-5-4-6-11-21)14-25(35)31-20-13-24(26(36)37-3)33(16-20)15-19-9-7-8-12-23(19)27(28,29)30/h4-12,20,24H,13-16H2,1-3H3,(H,31,35)/t20-,24+/m1/s1. The lowest BCUT2D eigenvalue weighted by Gasteiger charge is -2.24. The number of aryl methyl sites for hydroxylation is 1. The average molecular weight is 515 g/mol.